The van der Waals surface area contributed by atoms with Crippen LogP contribution in [0.3, 0.4) is 0 Å². The van der Waals surface area contributed by atoms with Crippen molar-refractivity contribution in [1.29, 1.82) is 0 Å². The molecule has 21 heavy (non-hydrogen) atoms. The molecule has 0 spiro atoms. The maximum Gasteiger partial charge on any atom is 0.242 e. The highest BCUT2D eigenvalue weighted by Gasteiger charge is 2.23. The zero-order valence-corrected chi connectivity index (χ0v) is 15.0. The van der Waals surface area contributed by atoms with Gasteiger partial charge in [-0.3, -0.25) is 0 Å². The first-order valence-corrected chi connectivity index (χ1v) is 9.83. The third-order valence-corrected chi connectivity index (χ3v) is 6.87. The predicted molar refractivity (Wildman–Crippen MR) is 89.6 cm³/mol. The van der Waals surface area contributed by atoms with Crippen LogP contribution in [0, 0.1) is 13.8 Å². The molecule has 2 N–H and O–H groups in total. The third kappa shape index (κ3) is 3.73. The van der Waals surface area contributed by atoms with Crippen LogP contribution in [0.15, 0.2) is 22.4 Å². The molecule has 0 amide bonds. The molecule has 1 unspecified atom stereocenters. The molecule has 2 rings (SSSR count). The molecule has 2 aromatic rings. The van der Waals surface area contributed by atoms with Crippen molar-refractivity contribution in [3.63, 3.8) is 0 Å². The number of rotatable bonds is 6. The van der Waals surface area contributed by atoms with Gasteiger partial charge in [-0.15, -0.1) is 22.7 Å². The van der Waals surface area contributed by atoms with Gasteiger partial charge in [-0.25, -0.2) is 13.1 Å². The van der Waals surface area contributed by atoms with E-state index in [-0.39, 0.29) is 6.04 Å². The summed E-state index contributed by atoms with van der Waals surface area (Å²) in [5.74, 6) is 0. The van der Waals surface area contributed by atoms with Crippen molar-refractivity contribution in [2.24, 2.45) is 0 Å². The Labute approximate surface area is 134 Å². The van der Waals surface area contributed by atoms with Crippen LogP contribution in [0.2, 0.25) is 0 Å². The van der Waals surface area contributed by atoms with E-state index >= 15 is 0 Å². The van der Waals surface area contributed by atoms with Crippen molar-refractivity contribution >= 4 is 32.7 Å². The summed E-state index contributed by atoms with van der Waals surface area (Å²) in [4.78, 5) is 3.55. The second-order valence-electron chi connectivity index (χ2n) is 4.95. The number of hydrogen-bond donors (Lipinski definition) is 2. The molecule has 0 bridgehead atoms. The number of hydrogen-bond acceptors (Lipinski definition) is 5. The lowest BCUT2D eigenvalue weighted by Crippen LogP contribution is -2.27. The number of sulfonamides is 1. The van der Waals surface area contributed by atoms with E-state index in [1.807, 2.05) is 33.2 Å². The molecule has 0 fully saturated rings. The normalized spacial score (nSPS) is 13.5. The van der Waals surface area contributed by atoms with E-state index in [4.69, 9.17) is 0 Å². The monoisotopic (exact) mass is 344 g/mol. The second kappa shape index (κ2) is 6.58. The molecule has 0 saturated heterocycles. The molecular formula is C14H20N2O2S3. The van der Waals surface area contributed by atoms with E-state index in [0.29, 0.717) is 11.4 Å². The molecule has 0 aliphatic heterocycles. The lowest BCUT2D eigenvalue weighted by molar-refractivity contribution is 0.566. The smallest absolute Gasteiger partial charge is 0.242 e. The fourth-order valence-electron chi connectivity index (χ4n) is 2.30. The highest BCUT2D eigenvalue weighted by atomic mass is 32.2. The first-order chi connectivity index (χ1) is 9.85. The van der Waals surface area contributed by atoms with Gasteiger partial charge in [0.05, 0.1) is 4.90 Å². The Morgan fingerprint density at radius 2 is 2.05 bits per heavy atom. The molecule has 1 atom stereocenters. The first kappa shape index (κ1) is 16.6. The van der Waals surface area contributed by atoms with Gasteiger partial charge >= 0.3 is 0 Å². The van der Waals surface area contributed by atoms with E-state index < -0.39 is 10.0 Å². The van der Waals surface area contributed by atoms with Crippen molar-refractivity contribution < 1.29 is 8.42 Å². The molecule has 0 aliphatic carbocycles. The highest BCUT2D eigenvalue weighted by Crippen LogP contribution is 2.28. The fraction of sp³-hybridized carbons (Fsp3) is 0.429. The zero-order valence-electron chi connectivity index (χ0n) is 12.6. The van der Waals surface area contributed by atoms with Gasteiger partial charge in [0.25, 0.3) is 0 Å². The van der Waals surface area contributed by atoms with E-state index in [1.165, 1.54) is 16.2 Å². The number of aryl methyl sites for hydroxylation is 2. The fourth-order valence-corrected chi connectivity index (χ4v) is 6.00. The summed E-state index contributed by atoms with van der Waals surface area (Å²) in [5, 5.41) is 4.81. The van der Waals surface area contributed by atoms with Gasteiger partial charge in [-0.1, -0.05) is 0 Å². The lowest BCUT2D eigenvalue weighted by Gasteiger charge is -2.14. The Morgan fingerprint density at radius 1 is 1.33 bits per heavy atom. The van der Waals surface area contributed by atoms with Crippen LogP contribution in [-0.4, -0.2) is 15.5 Å². The third-order valence-electron chi connectivity index (χ3n) is 3.21. The minimum atomic E-state index is -3.50. The van der Waals surface area contributed by atoms with Crippen molar-refractivity contribution in [2.75, 3.05) is 7.05 Å². The standard InChI is InChI=1S/C14H20N2O2S3/c1-9-7-12(11(3)20-9)10(2)16-21(17,18)14-5-6-19-13(14)8-15-4/h5-7,10,15-16H,8H2,1-4H3. The Morgan fingerprint density at radius 3 is 2.62 bits per heavy atom. The molecule has 0 radical (unpaired) electrons. The summed E-state index contributed by atoms with van der Waals surface area (Å²) in [6, 6.07) is 3.48. The van der Waals surface area contributed by atoms with Crippen LogP contribution in [0.25, 0.3) is 0 Å². The van der Waals surface area contributed by atoms with Gasteiger partial charge in [-0.2, -0.15) is 0 Å². The summed E-state index contributed by atoms with van der Waals surface area (Å²) >= 11 is 3.14. The van der Waals surface area contributed by atoms with E-state index in [1.54, 1.807) is 17.4 Å². The molecule has 0 saturated carbocycles. The van der Waals surface area contributed by atoms with Gasteiger partial charge in [0.2, 0.25) is 10.0 Å². The molecule has 116 valence electrons. The van der Waals surface area contributed by atoms with Gasteiger partial charge in [0.15, 0.2) is 0 Å². The van der Waals surface area contributed by atoms with E-state index in [2.05, 4.69) is 16.1 Å². The summed E-state index contributed by atoms with van der Waals surface area (Å²) < 4.78 is 27.9. The average Bonchev–Trinajstić information content (AvgIpc) is 2.96. The van der Waals surface area contributed by atoms with E-state index in [9.17, 15) is 8.42 Å². The van der Waals surface area contributed by atoms with Crippen molar-refractivity contribution in [3.05, 3.63) is 37.7 Å². The Bertz CT molecular complexity index is 716. The Hall–Kier alpha value is -0.730. The van der Waals surface area contributed by atoms with Crippen LogP contribution < -0.4 is 10.0 Å². The zero-order chi connectivity index (χ0) is 15.6. The molecule has 0 aliphatic rings. The molecule has 0 aromatic carbocycles. The number of nitrogens with one attached hydrogen (secondary N) is 2. The Balaban J connectivity index is 2.25. The molecule has 7 heteroatoms. The van der Waals surface area contributed by atoms with Crippen LogP contribution in [0.4, 0.5) is 0 Å². The average molecular weight is 345 g/mol. The van der Waals surface area contributed by atoms with Gasteiger partial charge in [0.1, 0.15) is 0 Å². The van der Waals surface area contributed by atoms with Gasteiger partial charge < -0.3 is 5.32 Å². The second-order valence-corrected chi connectivity index (χ2v) is 9.09. The molecule has 2 heterocycles. The summed E-state index contributed by atoms with van der Waals surface area (Å²) in [6.45, 7) is 6.50. The van der Waals surface area contributed by atoms with Crippen molar-refractivity contribution in [2.45, 2.75) is 38.3 Å². The van der Waals surface area contributed by atoms with Crippen LogP contribution >= 0.6 is 22.7 Å². The number of thiophene rings is 2. The van der Waals surface area contributed by atoms with E-state index in [0.717, 1.165) is 15.3 Å². The van der Waals surface area contributed by atoms with Crippen molar-refractivity contribution in [3.8, 4) is 0 Å². The maximum absolute atomic E-state index is 12.6. The lowest BCUT2D eigenvalue weighted by atomic mass is 10.1. The van der Waals surface area contributed by atoms with Gasteiger partial charge in [0, 0.05) is 27.2 Å². The van der Waals surface area contributed by atoms with Crippen molar-refractivity contribution in [1.82, 2.24) is 10.0 Å². The molecule has 2 aromatic heterocycles. The highest BCUT2D eigenvalue weighted by molar-refractivity contribution is 7.89. The molecule has 4 nitrogen and oxygen atoms in total. The molecular weight excluding hydrogens is 324 g/mol. The SMILES string of the molecule is CNCc1sccc1S(=O)(=O)NC(C)c1cc(C)sc1C. The summed E-state index contributed by atoms with van der Waals surface area (Å²) in [7, 11) is -1.69. The first-order valence-electron chi connectivity index (χ1n) is 6.65. The Kier molecular flexibility index (Phi) is 5.21. The quantitative estimate of drug-likeness (QED) is 0.846. The maximum atomic E-state index is 12.6. The van der Waals surface area contributed by atoms with Crippen LogP contribution in [0.1, 0.15) is 33.2 Å². The van der Waals surface area contributed by atoms with Crippen LogP contribution in [-0.2, 0) is 16.6 Å². The minimum absolute atomic E-state index is 0.234. The summed E-state index contributed by atoms with van der Waals surface area (Å²) in [5.41, 5.74) is 1.05. The largest absolute Gasteiger partial charge is 0.315 e. The topological polar surface area (TPSA) is 58.2 Å². The predicted octanol–water partition coefficient (Wildman–Crippen LogP) is 3.19. The summed E-state index contributed by atoms with van der Waals surface area (Å²) in [6.07, 6.45) is 0. The minimum Gasteiger partial charge on any atom is -0.315 e. The van der Waals surface area contributed by atoms with Gasteiger partial charge in [-0.05, 0) is 50.9 Å². The van der Waals surface area contributed by atoms with Crippen LogP contribution in [0.5, 0.6) is 0 Å².